The number of aliphatic hydroxyl groups excluding tert-OH is 1. The third-order valence-corrected chi connectivity index (χ3v) is 13.1. The number of carbonyl (C=O) groups is 13. The van der Waals surface area contributed by atoms with E-state index in [4.69, 9.17) is 39.2 Å². The molecular formula is C51H76N11O23P. The lowest BCUT2D eigenvalue weighted by atomic mass is 10.0. The molecule has 6 atom stereocenters. The molecule has 1 fully saturated rings. The van der Waals surface area contributed by atoms with E-state index < -0.39 is 159 Å². The molecule has 2 aliphatic rings. The van der Waals surface area contributed by atoms with E-state index in [0.717, 1.165) is 12.2 Å². The minimum Gasteiger partial charge on any atom is -0.481 e. The van der Waals surface area contributed by atoms with E-state index in [-0.39, 0.29) is 105 Å². The van der Waals surface area contributed by atoms with Crippen molar-refractivity contribution in [3.63, 3.8) is 0 Å². The number of primary amides is 1. The van der Waals surface area contributed by atoms with Crippen LogP contribution in [-0.4, -0.2) is 223 Å². The Kier molecular flexibility index (Phi) is 32.1. The Hall–Kier alpha value is -7.98. The van der Waals surface area contributed by atoms with Crippen molar-refractivity contribution in [1.82, 2.24) is 47.4 Å². The van der Waals surface area contributed by atoms with Crippen LogP contribution in [-0.2, 0) is 92.4 Å². The molecule has 0 aromatic heterocycles. The largest absolute Gasteiger partial charge is 0.481 e. The van der Waals surface area contributed by atoms with Gasteiger partial charge in [-0.05, 0) is 36.5 Å². The van der Waals surface area contributed by atoms with Crippen molar-refractivity contribution >= 4 is 90.3 Å². The number of carboxylic acid groups (broad SMARTS) is 1. The SMILES string of the molecule is CC(C)[C@H](NC(=O)[C@H](CC(=O)O)NC(=O)[C@H](CC(=O)N[C@H]1CCOC1=O)NC(=O)CCOCCOCCOCCOCCNC(=O)[C@H](CNC(=O)CCP(=O)(O)O)N1C(=O)C=CC1=O)C(=O)N[C@@H](CCCNC(N)=O)C(=O)Nc1ccc(CO)cc1. The van der Waals surface area contributed by atoms with Gasteiger partial charge in [0.1, 0.15) is 36.3 Å². The Labute approximate surface area is 493 Å². The van der Waals surface area contributed by atoms with Crippen LogP contribution in [0.15, 0.2) is 36.4 Å². The summed E-state index contributed by atoms with van der Waals surface area (Å²) in [5, 5.41) is 41.0. The second-order valence-corrected chi connectivity index (χ2v) is 21.2. The first kappa shape index (κ1) is 72.3. The van der Waals surface area contributed by atoms with Crippen LogP contribution in [0.4, 0.5) is 10.5 Å². The summed E-state index contributed by atoms with van der Waals surface area (Å²) in [6.45, 7) is 2.56. The van der Waals surface area contributed by atoms with E-state index in [2.05, 4.69) is 47.9 Å². The predicted octanol–water partition coefficient (Wildman–Crippen LogP) is -4.99. The maximum atomic E-state index is 13.8. The number of esters is 1. The number of urea groups is 1. The number of aliphatic hydroxyl groups is 1. The Morgan fingerprint density at radius 1 is 0.674 bits per heavy atom. The topological polar surface area (TPSA) is 504 Å². The van der Waals surface area contributed by atoms with Gasteiger partial charge in [0.05, 0.1) is 85.1 Å². The zero-order chi connectivity index (χ0) is 63.8. The molecule has 12 amide bonds. The highest BCUT2D eigenvalue weighted by molar-refractivity contribution is 7.51. The molecule has 2 heterocycles. The van der Waals surface area contributed by atoms with Crippen molar-refractivity contribution < 1.29 is 111 Å². The molecule has 1 saturated heterocycles. The van der Waals surface area contributed by atoms with Gasteiger partial charge in [-0.3, -0.25) is 62.2 Å². The highest BCUT2D eigenvalue weighted by Gasteiger charge is 2.38. The highest BCUT2D eigenvalue weighted by atomic mass is 31.2. The molecule has 0 unspecified atom stereocenters. The molecule has 0 radical (unpaired) electrons. The van der Waals surface area contributed by atoms with E-state index in [0.29, 0.717) is 16.2 Å². The lowest BCUT2D eigenvalue weighted by molar-refractivity contribution is -0.145. The number of anilines is 1. The zero-order valence-corrected chi connectivity index (χ0v) is 48.3. The Bertz CT molecular complexity index is 2590. The molecule has 478 valence electrons. The van der Waals surface area contributed by atoms with Gasteiger partial charge >= 0.3 is 25.6 Å². The number of amides is 12. The average molecular weight is 1240 g/mol. The molecular weight excluding hydrogens is 1170 g/mol. The number of hydrogen-bond donors (Lipinski definition) is 14. The first-order valence-corrected chi connectivity index (χ1v) is 29.0. The molecule has 0 bridgehead atoms. The molecule has 0 saturated carbocycles. The first-order valence-electron chi connectivity index (χ1n) is 27.2. The van der Waals surface area contributed by atoms with Crippen LogP contribution in [0.25, 0.3) is 0 Å². The summed E-state index contributed by atoms with van der Waals surface area (Å²) < 4.78 is 37.7. The van der Waals surface area contributed by atoms with Crippen LogP contribution in [0.2, 0.25) is 0 Å². The van der Waals surface area contributed by atoms with E-state index >= 15 is 0 Å². The zero-order valence-electron chi connectivity index (χ0n) is 47.4. The number of carboxylic acids is 1. The third-order valence-electron chi connectivity index (χ3n) is 12.3. The summed E-state index contributed by atoms with van der Waals surface area (Å²) in [4.78, 5) is 185. The second-order valence-electron chi connectivity index (χ2n) is 19.5. The Morgan fingerprint density at radius 2 is 1.26 bits per heavy atom. The van der Waals surface area contributed by atoms with Crippen molar-refractivity contribution in [3.05, 3.63) is 42.0 Å². The fourth-order valence-electron chi connectivity index (χ4n) is 7.81. The maximum absolute atomic E-state index is 13.8. The van der Waals surface area contributed by atoms with Crippen LogP contribution in [0, 0.1) is 5.92 Å². The summed E-state index contributed by atoms with van der Waals surface area (Å²) in [5.41, 5.74) is 6.03. The lowest BCUT2D eigenvalue weighted by Gasteiger charge is -2.28. The quantitative estimate of drug-likeness (QED) is 0.0126. The normalized spacial score (nSPS) is 15.5. The molecule has 0 spiro atoms. The van der Waals surface area contributed by atoms with Gasteiger partial charge in [-0.25, -0.2) is 9.59 Å². The fourth-order valence-corrected chi connectivity index (χ4v) is 8.31. The monoisotopic (exact) mass is 1240 g/mol. The second kappa shape index (κ2) is 38.1. The standard InChI is InChI=1S/C51H76N11O23P/c1-30(2)44(49(75)59-33(4-3-14-54-51(52)77)45(71)56-32-7-5-31(29-63)6-8-32)61-47(73)36(27-43(69)70)60-46(72)35(26-40(66)57-34-11-17-85-50(34)76)58-39(65)12-16-81-19-21-83-23-24-84-22-20-82-18-15-53-48(74)37(62-41(67)9-10-42(62)68)28-55-38(64)13-25-86(78,79)80/h5-10,30,33-37,44,63H,3-4,11-29H2,1-2H3,(H,53,74)(H,55,64)(H,56,71)(H,57,66)(H,58,65)(H,59,75)(H,60,72)(H,61,73)(H,69,70)(H3,52,54,77)(H2,78,79,80)/t33-,34-,35-,36-,37-,44-/m0/s1. The van der Waals surface area contributed by atoms with Gasteiger partial charge in [0.15, 0.2) is 0 Å². The minimum absolute atomic E-state index is 0.00345. The molecule has 86 heavy (non-hydrogen) atoms. The summed E-state index contributed by atoms with van der Waals surface area (Å²) >= 11 is 0. The smallest absolute Gasteiger partial charge is 0.328 e. The van der Waals surface area contributed by atoms with Gasteiger partial charge in [0.2, 0.25) is 47.3 Å². The summed E-state index contributed by atoms with van der Waals surface area (Å²) in [5.74, 6) is -11.9. The van der Waals surface area contributed by atoms with Gasteiger partial charge in [-0.1, -0.05) is 26.0 Å². The van der Waals surface area contributed by atoms with E-state index in [1.165, 1.54) is 26.0 Å². The number of aliphatic carboxylic acids is 1. The molecule has 1 aromatic carbocycles. The van der Waals surface area contributed by atoms with Crippen LogP contribution in [0.5, 0.6) is 0 Å². The Balaban J connectivity index is 1.48. The van der Waals surface area contributed by atoms with Gasteiger partial charge in [-0.15, -0.1) is 0 Å². The van der Waals surface area contributed by atoms with Gasteiger partial charge in [-0.2, -0.15) is 0 Å². The van der Waals surface area contributed by atoms with Crippen LogP contribution in [0.3, 0.4) is 0 Å². The van der Waals surface area contributed by atoms with E-state index in [1.54, 1.807) is 12.1 Å². The van der Waals surface area contributed by atoms with Crippen LogP contribution >= 0.6 is 7.60 Å². The van der Waals surface area contributed by atoms with E-state index in [1.807, 2.05) is 0 Å². The minimum atomic E-state index is -4.47. The van der Waals surface area contributed by atoms with Gasteiger partial charge in [0.25, 0.3) is 11.8 Å². The number of imide groups is 1. The van der Waals surface area contributed by atoms with Crippen molar-refractivity contribution in [2.75, 3.05) is 90.6 Å². The van der Waals surface area contributed by atoms with E-state index in [9.17, 15) is 77.1 Å². The third kappa shape index (κ3) is 28.3. The fraction of sp³-hybridized carbons (Fsp3) is 0.588. The molecule has 34 nitrogen and oxygen atoms in total. The molecule has 3 rings (SSSR count). The summed E-state index contributed by atoms with van der Waals surface area (Å²) in [6, 6.07) is -3.55. The van der Waals surface area contributed by atoms with Gasteiger partial charge < -0.3 is 97.3 Å². The van der Waals surface area contributed by atoms with Crippen LogP contribution < -0.4 is 53.6 Å². The van der Waals surface area contributed by atoms with Gasteiger partial charge in [0, 0.05) is 56.7 Å². The first-order chi connectivity index (χ1) is 40.8. The highest BCUT2D eigenvalue weighted by Crippen LogP contribution is 2.34. The number of nitrogens with zero attached hydrogens (tertiary/aromatic N) is 1. The van der Waals surface area contributed by atoms with Crippen molar-refractivity contribution in [2.45, 2.75) is 102 Å². The molecule has 15 N–H and O–H groups in total. The maximum Gasteiger partial charge on any atom is 0.328 e. The number of rotatable bonds is 42. The molecule has 35 heteroatoms. The number of carbonyl (C=O) groups excluding carboxylic acids is 12. The predicted molar refractivity (Wildman–Crippen MR) is 295 cm³/mol. The molecule has 0 aliphatic carbocycles. The van der Waals surface area contributed by atoms with Crippen LogP contribution in [0.1, 0.15) is 64.4 Å². The van der Waals surface area contributed by atoms with Crippen molar-refractivity contribution in [2.24, 2.45) is 11.7 Å². The summed E-state index contributed by atoms with van der Waals surface area (Å²) in [7, 11) is -4.47. The average Bonchev–Trinajstić information content (AvgIpc) is 2.67. The number of cyclic esters (lactones) is 1. The van der Waals surface area contributed by atoms with Crippen molar-refractivity contribution in [3.8, 4) is 0 Å². The number of hydrogen-bond acceptors (Lipinski definition) is 20. The number of nitrogens with one attached hydrogen (secondary N) is 9. The molecule has 1 aromatic rings. The number of benzene rings is 1. The number of ether oxygens (including phenoxy) is 5. The number of nitrogens with two attached hydrogens (primary N) is 1. The van der Waals surface area contributed by atoms with Crippen molar-refractivity contribution in [1.29, 1.82) is 0 Å². The molecule has 2 aliphatic heterocycles. The summed E-state index contributed by atoms with van der Waals surface area (Å²) in [6.07, 6.45) is -1.38. The lowest BCUT2D eigenvalue weighted by Crippen LogP contribution is -2.59. The Morgan fingerprint density at radius 3 is 1.81 bits per heavy atom.